The first-order valence-electron chi connectivity index (χ1n) is 5.46. The van der Waals surface area contributed by atoms with E-state index in [0.29, 0.717) is 17.6 Å². The van der Waals surface area contributed by atoms with Gasteiger partial charge >= 0.3 is 0 Å². The summed E-state index contributed by atoms with van der Waals surface area (Å²) in [6, 6.07) is 5.86. The molecule has 0 aliphatic rings. The van der Waals surface area contributed by atoms with Crippen LogP contribution in [0.2, 0.25) is 0 Å². The van der Waals surface area contributed by atoms with E-state index in [2.05, 4.69) is 26.5 Å². The molecule has 0 aromatic heterocycles. The van der Waals surface area contributed by atoms with E-state index in [1.54, 1.807) is 6.07 Å². The number of aryl methyl sites for hydroxylation is 1. The van der Waals surface area contributed by atoms with Crippen LogP contribution in [0.25, 0.3) is 0 Å². The van der Waals surface area contributed by atoms with E-state index in [4.69, 9.17) is 0 Å². The molecule has 1 aromatic carbocycles. The second-order valence-corrected chi connectivity index (χ2v) is 4.42. The van der Waals surface area contributed by atoms with Crippen molar-refractivity contribution < 1.29 is 5.11 Å². The van der Waals surface area contributed by atoms with E-state index in [1.807, 2.05) is 19.1 Å². The lowest BCUT2D eigenvalue weighted by Crippen LogP contribution is -2.05. The fourth-order valence-electron chi connectivity index (χ4n) is 1.88. The number of benzene rings is 1. The van der Waals surface area contributed by atoms with Crippen LogP contribution in [-0.4, -0.2) is 5.11 Å². The summed E-state index contributed by atoms with van der Waals surface area (Å²) >= 11 is 0. The lowest BCUT2D eigenvalue weighted by molar-refractivity contribution is 0.467. The Kier molecular flexibility index (Phi) is 3.96. The van der Waals surface area contributed by atoms with Gasteiger partial charge in [-0.2, -0.15) is 0 Å². The summed E-state index contributed by atoms with van der Waals surface area (Å²) in [5.41, 5.74) is 2.24. The maximum Gasteiger partial charge on any atom is 0.118 e. The monoisotopic (exact) mass is 204 g/mol. The predicted molar refractivity (Wildman–Crippen MR) is 65.2 cm³/mol. The van der Waals surface area contributed by atoms with Gasteiger partial charge in [0.05, 0.1) is 0 Å². The number of aromatic hydroxyl groups is 1. The van der Waals surface area contributed by atoms with Gasteiger partial charge in [-0.3, -0.25) is 0 Å². The Balaban J connectivity index is 3.00. The van der Waals surface area contributed by atoms with E-state index in [9.17, 15) is 5.11 Å². The average Bonchev–Trinajstić information content (AvgIpc) is 2.18. The van der Waals surface area contributed by atoms with Crippen LogP contribution in [0, 0.1) is 12.8 Å². The van der Waals surface area contributed by atoms with Crippen molar-refractivity contribution in [2.75, 3.05) is 0 Å². The van der Waals surface area contributed by atoms with E-state index in [-0.39, 0.29) is 0 Å². The summed E-state index contributed by atoms with van der Waals surface area (Å²) < 4.78 is 0. The molecule has 0 bridgehead atoms. The SMILES string of the molecule is C=CCC(c1ccc(O)c(C)c1)C(C)C. The van der Waals surface area contributed by atoms with Crippen LogP contribution in [0.4, 0.5) is 0 Å². The molecule has 1 rings (SSSR count). The van der Waals surface area contributed by atoms with Gasteiger partial charge in [-0.15, -0.1) is 6.58 Å². The molecule has 0 radical (unpaired) electrons. The molecule has 15 heavy (non-hydrogen) atoms. The molecule has 1 heteroatoms. The molecule has 0 saturated heterocycles. The minimum Gasteiger partial charge on any atom is -0.508 e. The van der Waals surface area contributed by atoms with Crippen molar-refractivity contribution in [3.8, 4) is 5.75 Å². The lowest BCUT2D eigenvalue weighted by atomic mass is 9.85. The number of hydrogen-bond acceptors (Lipinski definition) is 1. The minimum absolute atomic E-state index is 0.375. The van der Waals surface area contributed by atoms with Crippen LogP contribution in [0.5, 0.6) is 5.75 Å². The number of rotatable bonds is 4. The van der Waals surface area contributed by atoms with Crippen molar-refractivity contribution in [2.24, 2.45) is 5.92 Å². The van der Waals surface area contributed by atoms with Gasteiger partial charge in [0, 0.05) is 0 Å². The second kappa shape index (κ2) is 5.01. The van der Waals surface area contributed by atoms with Crippen LogP contribution >= 0.6 is 0 Å². The zero-order valence-corrected chi connectivity index (χ0v) is 9.83. The Morgan fingerprint density at radius 1 is 1.40 bits per heavy atom. The molecule has 0 heterocycles. The van der Waals surface area contributed by atoms with Crippen molar-refractivity contribution >= 4 is 0 Å². The highest BCUT2D eigenvalue weighted by Gasteiger charge is 2.14. The number of allylic oxidation sites excluding steroid dienone is 1. The van der Waals surface area contributed by atoms with Crippen molar-refractivity contribution in [1.29, 1.82) is 0 Å². The van der Waals surface area contributed by atoms with Crippen LogP contribution < -0.4 is 0 Å². The molecule has 1 unspecified atom stereocenters. The lowest BCUT2D eigenvalue weighted by Gasteiger charge is -2.20. The Morgan fingerprint density at radius 2 is 2.07 bits per heavy atom. The van der Waals surface area contributed by atoms with Crippen LogP contribution in [0.15, 0.2) is 30.9 Å². The summed E-state index contributed by atoms with van der Waals surface area (Å²) in [6.07, 6.45) is 2.95. The molecule has 1 aromatic rings. The molecular weight excluding hydrogens is 184 g/mol. The third kappa shape index (κ3) is 2.85. The van der Waals surface area contributed by atoms with E-state index < -0.39 is 0 Å². The first kappa shape index (κ1) is 11.8. The topological polar surface area (TPSA) is 20.2 Å². The Bertz CT molecular complexity index is 339. The molecule has 1 N–H and O–H groups in total. The number of hydrogen-bond donors (Lipinski definition) is 1. The number of phenolic OH excluding ortho intramolecular Hbond substituents is 1. The average molecular weight is 204 g/mol. The molecule has 0 spiro atoms. The van der Waals surface area contributed by atoms with E-state index in [1.165, 1.54) is 5.56 Å². The van der Waals surface area contributed by atoms with Crippen LogP contribution in [0.3, 0.4) is 0 Å². The van der Waals surface area contributed by atoms with Crippen molar-refractivity contribution in [2.45, 2.75) is 33.1 Å². The minimum atomic E-state index is 0.375. The Morgan fingerprint density at radius 3 is 2.53 bits per heavy atom. The van der Waals surface area contributed by atoms with Gasteiger partial charge in [-0.1, -0.05) is 32.1 Å². The molecule has 82 valence electrons. The van der Waals surface area contributed by atoms with Gasteiger partial charge in [0.1, 0.15) is 5.75 Å². The normalized spacial score (nSPS) is 12.8. The van der Waals surface area contributed by atoms with Crippen molar-refractivity contribution in [3.63, 3.8) is 0 Å². The second-order valence-electron chi connectivity index (χ2n) is 4.42. The molecule has 0 fully saturated rings. The fraction of sp³-hybridized carbons (Fsp3) is 0.429. The Hall–Kier alpha value is -1.24. The third-order valence-electron chi connectivity index (χ3n) is 2.87. The van der Waals surface area contributed by atoms with Gasteiger partial charge in [0.25, 0.3) is 0 Å². The first-order valence-corrected chi connectivity index (χ1v) is 5.46. The predicted octanol–water partition coefficient (Wildman–Crippen LogP) is 4.02. The zero-order valence-electron chi connectivity index (χ0n) is 9.83. The fourth-order valence-corrected chi connectivity index (χ4v) is 1.88. The molecular formula is C14H20O. The summed E-state index contributed by atoms with van der Waals surface area (Å²) in [5, 5.41) is 9.47. The maximum absolute atomic E-state index is 9.47. The van der Waals surface area contributed by atoms with E-state index >= 15 is 0 Å². The highest BCUT2D eigenvalue weighted by atomic mass is 16.3. The quantitative estimate of drug-likeness (QED) is 0.734. The highest BCUT2D eigenvalue weighted by Crippen LogP contribution is 2.30. The third-order valence-corrected chi connectivity index (χ3v) is 2.87. The van der Waals surface area contributed by atoms with Crippen molar-refractivity contribution in [1.82, 2.24) is 0 Å². The summed E-state index contributed by atoms with van der Waals surface area (Å²) in [7, 11) is 0. The first-order chi connectivity index (χ1) is 7.06. The molecule has 0 saturated carbocycles. The standard InChI is InChI=1S/C14H20O/c1-5-6-13(10(2)3)12-7-8-14(15)11(4)9-12/h5,7-10,13,15H,1,6H2,2-4H3. The van der Waals surface area contributed by atoms with E-state index in [0.717, 1.165) is 12.0 Å². The molecule has 0 aliphatic heterocycles. The highest BCUT2D eigenvalue weighted by molar-refractivity contribution is 5.36. The van der Waals surface area contributed by atoms with Crippen LogP contribution in [0.1, 0.15) is 37.3 Å². The number of phenols is 1. The van der Waals surface area contributed by atoms with Gasteiger partial charge in [0.2, 0.25) is 0 Å². The van der Waals surface area contributed by atoms with Crippen LogP contribution in [-0.2, 0) is 0 Å². The molecule has 1 atom stereocenters. The molecule has 0 amide bonds. The summed E-state index contributed by atoms with van der Waals surface area (Å²) in [4.78, 5) is 0. The maximum atomic E-state index is 9.47. The molecule has 1 nitrogen and oxygen atoms in total. The summed E-state index contributed by atoms with van der Waals surface area (Å²) in [6.45, 7) is 10.2. The van der Waals surface area contributed by atoms with Gasteiger partial charge < -0.3 is 5.11 Å². The Labute approximate surface area is 92.5 Å². The smallest absolute Gasteiger partial charge is 0.118 e. The summed E-state index contributed by atoms with van der Waals surface area (Å²) in [5.74, 6) is 1.47. The van der Waals surface area contributed by atoms with Crippen molar-refractivity contribution in [3.05, 3.63) is 42.0 Å². The van der Waals surface area contributed by atoms with Gasteiger partial charge in [0.15, 0.2) is 0 Å². The van der Waals surface area contributed by atoms with Gasteiger partial charge in [-0.05, 0) is 42.4 Å². The van der Waals surface area contributed by atoms with Gasteiger partial charge in [-0.25, -0.2) is 0 Å². The molecule has 0 aliphatic carbocycles. The largest absolute Gasteiger partial charge is 0.508 e. The zero-order chi connectivity index (χ0) is 11.4.